The van der Waals surface area contributed by atoms with Gasteiger partial charge in [0.05, 0.1) is 6.33 Å². The third kappa shape index (κ3) is 4.21. The molecule has 0 aromatic carbocycles. The van der Waals surface area contributed by atoms with Crippen molar-refractivity contribution in [1.82, 2.24) is 20.2 Å². The maximum Gasteiger partial charge on any atom is 0.326 e. The molecule has 0 aliphatic carbocycles. The number of hydrogen-bond donors (Lipinski definition) is 3. The van der Waals surface area contributed by atoms with Crippen LogP contribution in [0, 0.1) is 0 Å². The van der Waals surface area contributed by atoms with Crippen LogP contribution in [0.25, 0.3) is 0 Å². The highest BCUT2D eigenvalue weighted by atomic mass is 16.4. The zero-order chi connectivity index (χ0) is 15.2. The molecular weight excluding hydrogens is 272 g/mol. The molecule has 1 fully saturated rings. The number of H-pyrrole nitrogens is 1. The zero-order valence-electron chi connectivity index (χ0n) is 12.2. The molecule has 7 heteroatoms. The maximum atomic E-state index is 12.3. The summed E-state index contributed by atoms with van der Waals surface area (Å²) in [5.41, 5.74) is 0.687. The molecule has 7 nitrogen and oxygen atoms in total. The first kappa shape index (κ1) is 15.3. The van der Waals surface area contributed by atoms with E-state index in [9.17, 15) is 14.7 Å². The van der Waals surface area contributed by atoms with E-state index in [4.69, 9.17) is 0 Å². The highest BCUT2D eigenvalue weighted by Crippen LogP contribution is 2.16. The van der Waals surface area contributed by atoms with Crippen molar-refractivity contribution in [3.63, 3.8) is 0 Å². The van der Waals surface area contributed by atoms with Gasteiger partial charge in [-0.05, 0) is 19.8 Å². The molecule has 0 spiro atoms. The molecule has 2 atom stereocenters. The molecule has 1 aliphatic heterocycles. The maximum absolute atomic E-state index is 12.3. The van der Waals surface area contributed by atoms with Crippen LogP contribution in [0.15, 0.2) is 12.5 Å². The van der Waals surface area contributed by atoms with Crippen molar-refractivity contribution in [2.45, 2.75) is 51.1 Å². The normalized spacial score (nSPS) is 20.6. The van der Waals surface area contributed by atoms with Gasteiger partial charge in [0.2, 0.25) is 0 Å². The van der Waals surface area contributed by atoms with Crippen LogP contribution in [0.1, 0.15) is 38.3 Å². The van der Waals surface area contributed by atoms with E-state index in [0.29, 0.717) is 12.2 Å². The number of imidazole rings is 1. The zero-order valence-corrected chi connectivity index (χ0v) is 12.2. The minimum atomic E-state index is -1.04. The number of aromatic nitrogens is 2. The summed E-state index contributed by atoms with van der Waals surface area (Å²) in [7, 11) is 0. The van der Waals surface area contributed by atoms with E-state index < -0.39 is 12.0 Å². The molecule has 0 bridgehead atoms. The molecule has 1 aliphatic rings. The van der Waals surface area contributed by atoms with Gasteiger partial charge in [0, 0.05) is 30.9 Å². The molecule has 1 aromatic heterocycles. The molecule has 1 unspecified atom stereocenters. The predicted molar refractivity (Wildman–Crippen MR) is 76.9 cm³/mol. The lowest BCUT2D eigenvalue weighted by atomic mass is 10.1. The number of carboxylic acid groups (broad SMARTS) is 1. The van der Waals surface area contributed by atoms with Crippen molar-refractivity contribution in [1.29, 1.82) is 0 Å². The largest absolute Gasteiger partial charge is 0.480 e. The Morgan fingerprint density at radius 1 is 1.52 bits per heavy atom. The average Bonchev–Trinajstić information content (AvgIpc) is 2.85. The van der Waals surface area contributed by atoms with Crippen molar-refractivity contribution < 1.29 is 14.7 Å². The number of nitrogens with one attached hydrogen (secondary N) is 2. The standard InChI is InChI=1S/C14H22N4O3/c1-10-5-3-2-4-6-18(10)14(21)17-12(13(19)20)7-11-8-15-9-16-11/h8-10,12H,2-7H2,1H3,(H,15,16)(H,17,21)(H,19,20)/t10?,12-/m0/s1. The van der Waals surface area contributed by atoms with Crippen molar-refractivity contribution in [3.05, 3.63) is 18.2 Å². The summed E-state index contributed by atoms with van der Waals surface area (Å²) >= 11 is 0. The first-order valence-corrected chi connectivity index (χ1v) is 7.35. The van der Waals surface area contributed by atoms with Crippen LogP contribution in [0.5, 0.6) is 0 Å². The Morgan fingerprint density at radius 2 is 2.33 bits per heavy atom. The number of aliphatic carboxylic acids is 1. The fraction of sp³-hybridized carbons (Fsp3) is 0.643. The summed E-state index contributed by atoms with van der Waals surface area (Å²) in [6, 6.07) is -1.10. The SMILES string of the molecule is CC1CCCCCN1C(=O)N[C@@H](Cc1cnc[nH]1)C(=O)O. The lowest BCUT2D eigenvalue weighted by Gasteiger charge is -2.28. The minimum Gasteiger partial charge on any atom is -0.480 e. The van der Waals surface area contributed by atoms with Crippen LogP contribution in [0.2, 0.25) is 0 Å². The Morgan fingerprint density at radius 3 is 3.00 bits per heavy atom. The minimum absolute atomic E-state index is 0.147. The molecular formula is C14H22N4O3. The van der Waals surface area contributed by atoms with Gasteiger partial charge in [-0.3, -0.25) is 0 Å². The van der Waals surface area contributed by atoms with E-state index in [0.717, 1.165) is 25.7 Å². The van der Waals surface area contributed by atoms with Gasteiger partial charge in [-0.2, -0.15) is 0 Å². The van der Waals surface area contributed by atoms with Crippen molar-refractivity contribution >= 4 is 12.0 Å². The number of carbonyl (C=O) groups is 2. The number of aromatic amines is 1. The molecule has 3 N–H and O–H groups in total. The number of nitrogens with zero attached hydrogens (tertiary/aromatic N) is 2. The van der Waals surface area contributed by atoms with Gasteiger partial charge < -0.3 is 20.3 Å². The number of likely N-dealkylation sites (tertiary alicyclic amines) is 1. The molecule has 0 radical (unpaired) electrons. The molecule has 1 saturated heterocycles. The second kappa shape index (κ2) is 7.10. The van der Waals surface area contributed by atoms with Crippen molar-refractivity contribution in [3.8, 4) is 0 Å². The van der Waals surface area contributed by atoms with Crippen LogP contribution in [0.3, 0.4) is 0 Å². The van der Waals surface area contributed by atoms with Gasteiger partial charge in [0.15, 0.2) is 0 Å². The Bertz CT molecular complexity index is 475. The summed E-state index contributed by atoms with van der Waals surface area (Å²) in [4.78, 5) is 32.1. The third-order valence-electron chi connectivity index (χ3n) is 3.89. The number of carboxylic acids is 1. The first-order chi connectivity index (χ1) is 10.1. The molecule has 2 rings (SSSR count). The van der Waals surface area contributed by atoms with Gasteiger partial charge in [0.25, 0.3) is 0 Å². The van der Waals surface area contributed by atoms with E-state index in [1.165, 1.54) is 6.33 Å². The number of hydrogen-bond acceptors (Lipinski definition) is 3. The molecule has 116 valence electrons. The van der Waals surface area contributed by atoms with Crippen LogP contribution >= 0.6 is 0 Å². The van der Waals surface area contributed by atoms with E-state index in [2.05, 4.69) is 15.3 Å². The summed E-state index contributed by atoms with van der Waals surface area (Å²) < 4.78 is 0. The quantitative estimate of drug-likeness (QED) is 0.781. The van der Waals surface area contributed by atoms with Gasteiger partial charge in [-0.15, -0.1) is 0 Å². The number of urea groups is 1. The Kier molecular flexibility index (Phi) is 5.19. The number of rotatable bonds is 4. The Balaban J connectivity index is 1.98. The second-order valence-electron chi connectivity index (χ2n) is 5.51. The van der Waals surface area contributed by atoms with E-state index in [-0.39, 0.29) is 18.5 Å². The monoisotopic (exact) mass is 294 g/mol. The van der Waals surface area contributed by atoms with Crippen LogP contribution < -0.4 is 5.32 Å². The summed E-state index contributed by atoms with van der Waals surface area (Å²) in [5.74, 6) is -1.04. The summed E-state index contributed by atoms with van der Waals surface area (Å²) in [6.07, 6.45) is 7.42. The van der Waals surface area contributed by atoms with Gasteiger partial charge >= 0.3 is 12.0 Å². The fourth-order valence-corrected chi connectivity index (χ4v) is 2.62. The average molecular weight is 294 g/mol. The van der Waals surface area contributed by atoms with E-state index >= 15 is 0 Å². The predicted octanol–water partition coefficient (Wildman–Crippen LogP) is 1.38. The Labute approximate surface area is 123 Å². The van der Waals surface area contributed by atoms with Crippen molar-refractivity contribution in [2.75, 3.05) is 6.54 Å². The van der Waals surface area contributed by atoms with Gasteiger partial charge in [-0.25, -0.2) is 14.6 Å². The summed E-state index contributed by atoms with van der Waals surface area (Å²) in [6.45, 7) is 2.69. The van der Waals surface area contributed by atoms with Crippen LogP contribution in [0.4, 0.5) is 4.79 Å². The highest BCUT2D eigenvalue weighted by molar-refractivity contribution is 5.83. The van der Waals surface area contributed by atoms with Gasteiger partial charge in [0.1, 0.15) is 6.04 Å². The molecule has 21 heavy (non-hydrogen) atoms. The summed E-state index contributed by atoms with van der Waals surface area (Å²) in [5, 5.41) is 11.9. The third-order valence-corrected chi connectivity index (χ3v) is 3.89. The molecule has 1 aromatic rings. The smallest absolute Gasteiger partial charge is 0.326 e. The highest BCUT2D eigenvalue weighted by Gasteiger charge is 2.27. The van der Waals surface area contributed by atoms with Crippen LogP contribution in [-0.2, 0) is 11.2 Å². The molecule has 0 saturated carbocycles. The molecule has 2 amide bonds. The number of carbonyl (C=O) groups excluding carboxylic acids is 1. The van der Waals surface area contributed by atoms with E-state index in [1.54, 1.807) is 11.1 Å². The van der Waals surface area contributed by atoms with E-state index in [1.807, 2.05) is 6.92 Å². The van der Waals surface area contributed by atoms with Crippen molar-refractivity contribution in [2.24, 2.45) is 0 Å². The van der Waals surface area contributed by atoms with Gasteiger partial charge in [-0.1, -0.05) is 12.8 Å². The lowest BCUT2D eigenvalue weighted by Crippen LogP contribution is -2.51. The fourth-order valence-electron chi connectivity index (χ4n) is 2.62. The second-order valence-corrected chi connectivity index (χ2v) is 5.51. The molecule has 2 heterocycles. The lowest BCUT2D eigenvalue weighted by molar-refractivity contribution is -0.139. The van der Waals surface area contributed by atoms with Crippen LogP contribution in [-0.4, -0.2) is 50.6 Å². The first-order valence-electron chi connectivity index (χ1n) is 7.35. The number of amides is 2. The topological polar surface area (TPSA) is 98.3 Å². The Hall–Kier alpha value is -2.05.